The minimum Gasteiger partial charge on any atom is -0.452 e. The van der Waals surface area contributed by atoms with E-state index in [9.17, 15) is 19.2 Å². The van der Waals surface area contributed by atoms with Gasteiger partial charge in [-0.2, -0.15) is 0 Å². The first-order valence-electron chi connectivity index (χ1n) is 17.1. The quantitative estimate of drug-likeness (QED) is 0.179. The largest absolute Gasteiger partial charge is 0.452 e. The number of aromatic nitrogens is 4. The Morgan fingerprint density at radius 3 is 1.31 bits per heavy atom. The third-order valence-corrected chi connectivity index (χ3v) is 8.78. The number of nitrogens with one attached hydrogen (secondary N) is 4. The standard InChI is InChI=1S/C36H42N8O10/c1-19(2)43(41-35(47)49-5)33(45)29-27(51-17-53-29)31-37-15-25(39-31)23-11-7-21(8-12-23)22-9-13-24(14-10-22)26-16-38-32(40-26)28-30(54-18-52-28)34(46)44(20(3)4)42-36(48)50-6/h7-16,19-20,27-30H,17-18H2,1-6H3,(H,37,39)(H,38,40)(H,41,47)(H,42,48)/t27-,28-,29-,30-/m1/s1. The van der Waals surface area contributed by atoms with Crippen molar-refractivity contribution in [1.82, 2.24) is 40.8 Å². The monoisotopic (exact) mass is 746 g/mol. The van der Waals surface area contributed by atoms with Crippen molar-refractivity contribution in [2.45, 2.75) is 64.2 Å². The van der Waals surface area contributed by atoms with Crippen LogP contribution < -0.4 is 10.9 Å². The lowest BCUT2D eigenvalue weighted by molar-refractivity contribution is -0.147. The molecule has 286 valence electrons. The number of aromatic amines is 2. The Balaban J connectivity index is 1.11. The first-order valence-corrected chi connectivity index (χ1v) is 17.1. The van der Waals surface area contributed by atoms with Crippen molar-refractivity contribution in [3.63, 3.8) is 0 Å². The third kappa shape index (κ3) is 8.05. The lowest BCUT2D eigenvalue weighted by Gasteiger charge is -2.29. The van der Waals surface area contributed by atoms with Gasteiger partial charge in [-0.05, 0) is 49.9 Å². The molecule has 2 fully saturated rings. The van der Waals surface area contributed by atoms with E-state index in [1.165, 1.54) is 14.2 Å². The Morgan fingerprint density at radius 2 is 0.981 bits per heavy atom. The van der Waals surface area contributed by atoms with Gasteiger partial charge in [0.1, 0.15) is 25.2 Å². The van der Waals surface area contributed by atoms with Crippen LogP contribution in [0, 0.1) is 0 Å². The summed E-state index contributed by atoms with van der Waals surface area (Å²) in [6.07, 6.45) is -1.93. The van der Waals surface area contributed by atoms with E-state index in [4.69, 9.17) is 18.9 Å². The van der Waals surface area contributed by atoms with E-state index < -0.39 is 48.4 Å². The van der Waals surface area contributed by atoms with Gasteiger partial charge in [0, 0.05) is 12.1 Å². The van der Waals surface area contributed by atoms with Crippen LogP contribution in [0.3, 0.4) is 0 Å². The van der Waals surface area contributed by atoms with Crippen LogP contribution in [0.2, 0.25) is 0 Å². The van der Waals surface area contributed by atoms with Crippen molar-refractivity contribution < 1.29 is 47.6 Å². The highest BCUT2D eigenvalue weighted by Gasteiger charge is 2.43. The summed E-state index contributed by atoms with van der Waals surface area (Å²) in [5.41, 5.74) is 9.97. The molecule has 0 unspecified atom stereocenters. The Kier molecular flexibility index (Phi) is 11.6. The van der Waals surface area contributed by atoms with Gasteiger partial charge in [0.15, 0.2) is 24.4 Å². The second kappa shape index (κ2) is 16.5. The van der Waals surface area contributed by atoms with Crippen molar-refractivity contribution in [3.05, 3.63) is 72.6 Å². The maximum Gasteiger partial charge on any atom is 0.425 e. The number of rotatable bonds is 9. The van der Waals surface area contributed by atoms with E-state index in [0.717, 1.165) is 32.3 Å². The van der Waals surface area contributed by atoms with Crippen LogP contribution in [0.4, 0.5) is 9.59 Å². The molecule has 2 aromatic heterocycles. The first-order chi connectivity index (χ1) is 26.0. The van der Waals surface area contributed by atoms with Crippen molar-refractivity contribution >= 4 is 24.0 Å². The molecular formula is C36H42N8O10. The fourth-order valence-corrected chi connectivity index (χ4v) is 5.95. The zero-order valence-electron chi connectivity index (χ0n) is 30.5. The number of H-pyrrole nitrogens is 2. The van der Waals surface area contributed by atoms with Gasteiger partial charge in [-0.15, -0.1) is 0 Å². The number of benzene rings is 2. The molecule has 2 aromatic carbocycles. The number of carbonyl (C=O) groups excluding carboxylic acids is 4. The SMILES string of the molecule is COC(=O)NN(C(=O)[C@@H]1OCO[C@H]1c1ncc(-c2ccc(-c3ccc(-c4cnc([C@@H]5OCO[C@H]5C(=O)N(NC(=O)OC)C(C)C)[nH]4)cc3)cc2)[nH]1)C(C)C. The third-order valence-electron chi connectivity index (χ3n) is 8.78. The highest BCUT2D eigenvalue weighted by atomic mass is 16.7. The lowest BCUT2D eigenvalue weighted by atomic mass is 10.0. The average molecular weight is 747 g/mol. The van der Waals surface area contributed by atoms with Crippen LogP contribution in [-0.2, 0) is 38.0 Å². The summed E-state index contributed by atoms with van der Waals surface area (Å²) in [5, 5.41) is 2.30. The van der Waals surface area contributed by atoms with Crippen LogP contribution in [0.1, 0.15) is 51.6 Å². The second-order valence-corrected chi connectivity index (χ2v) is 12.9. The molecule has 2 saturated heterocycles. The van der Waals surface area contributed by atoms with Gasteiger partial charge in [0.2, 0.25) is 0 Å². The van der Waals surface area contributed by atoms with Crippen molar-refractivity contribution in [1.29, 1.82) is 0 Å². The molecule has 0 spiro atoms. The van der Waals surface area contributed by atoms with Gasteiger partial charge in [-0.3, -0.25) is 9.59 Å². The summed E-state index contributed by atoms with van der Waals surface area (Å²) >= 11 is 0. The summed E-state index contributed by atoms with van der Waals surface area (Å²) in [6.45, 7) is 6.76. The van der Waals surface area contributed by atoms with Gasteiger partial charge < -0.3 is 38.4 Å². The van der Waals surface area contributed by atoms with Crippen molar-refractivity contribution in [2.75, 3.05) is 27.8 Å². The van der Waals surface area contributed by atoms with E-state index >= 15 is 0 Å². The van der Waals surface area contributed by atoms with Crippen molar-refractivity contribution in [3.8, 4) is 33.6 Å². The predicted molar refractivity (Wildman–Crippen MR) is 189 cm³/mol. The predicted octanol–water partition coefficient (Wildman–Crippen LogP) is 3.98. The van der Waals surface area contributed by atoms with Crippen LogP contribution in [-0.4, -0.2) is 106 Å². The maximum absolute atomic E-state index is 13.3. The fourth-order valence-electron chi connectivity index (χ4n) is 5.95. The molecule has 4 aromatic rings. The highest BCUT2D eigenvalue weighted by molar-refractivity contribution is 5.85. The molecule has 54 heavy (non-hydrogen) atoms. The number of imidazole rings is 2. The number of hydrogen-bond donors (Lipinski definition) is 4. The average Bonchev–Trinajstić information content (AvgIpc) is 4.02. The minimum atomic E-state index is -1.04. The summed E-state index contributed by atoms with van der Waals surface area (Å²) in [6, 6.07) is 15.0. The number of hydrogen-bond acceptors (Lipinski definition) is 12. The topological polar surface area (TPSA) is 212 Å². The van der Waals surface area contributed by atoms with E-state index in [-0.39, 0.29) is 25.7 Å². The fraction of sp³-hybridized carbons (Fsp3) is 0.389. The number of carbonyl (C=O) groups is 4. The summed E-state index contributed by atoms with van der Waals surface area (Å²) in [7, 11) is 2.43. The zero-order valence-corrected chi connectivity index (χ0v) is 30.5. The van der Waals surface area contributed by atoms with Gasteiger partial charge >= 0.3 is 12.2 Å². The molecule has 0 saturated carbocycles. The van der Waals surface area contributed by atoms with E-state index in [1.54, 1.807) is 40.1 Å². The van der Waals surface area contributed by atoms with Gasteiger partial charge in [-0.25, -0.2) is 40.4 Å². The van der Waals surface area contributed by atoms with Gasteiger partial charge in [0.25, 0.3) is 11.8 Å². The first kappa shape index (κ1) is 37.9. The molecule has 4 atom stereocenters. The number of hydrazine groups is 2. The number of nitrogens with zero attached hydrogens (tertiary/aromatic N) is 4. The molecule has 6 rings (SSSR count). The van der Waals surface area contributed by atoms with Crippen LogP contribution in [0.15, 0.2) is 60.9 Å². The van der Waals surface area contributed by atoms with Crippen LogP contribution in [0.25, 0.3) is 33.6 Å². The van der Waals surface area contributed by atoms with Crippen LogP contribution >= 0.6 is 0 Å². The molecule has 18 nitrogen and oxygen atoms in total. The smallest absolute Gasteiger partial charge is 0.425 e. The molecule has 0 aliphatic carbocycles. The maximum atomic E-state index is 13.3. The highest BCUT2D eigenvalue weighted by Crippen LogP contribution is 2.33. The Morgan fingerprint density at radius 1 is 0.630 bits per heavy atom. The Labute approximate surface area is 310 Å². The molecular weight excluding hydrogens is 704 g/mol. The molecule has 0 radical (unpaired) electrons. The molecule has 18 heteroatoms. The van der Waals surface area contributed by atoms with E-state index in [0.29, 0.717) is 23.0 Å². The number of methoxy groups -OCH3 is 2. The Bertz CT molecular complexity index is 1800. The number of ether oxygens (including phenoxy) is 6. The molecule has 4 amide bonds. The lowest BCUT2D eigenvalue weighted by Crippen LogP contribution is -2.54. The summed E-state index contributed by atoms with van der Waals surface area (Å²) in [4.78, 5) is 65.7. The zero-order chi connectivity index (χ0) is 38.5. The van der Waals surface area contributed by atoms with Gasteiger partial charge in [-0.1, -0.05) is 48.5 Å². The minimum absolute atomic E-state index is 0.114. The van der Waals surface area contributed by atoms with Crippen LogP contribution in [0.5, 0.6) is 0 Å². The molecule has 0 bridgehead atoms. The summed E-state index contributed by atoms with van der Waals surface area (Å²) < 4.78 is 31.9. The second-order valence-electron chi connectivity index (χ2n) is 12.9. The van der Waals surface area contributed by atoms with Crippen molar-refractivity contribution in [2.24, 2.45) is 0 Å². The summed E-state index contributed by atoms with van der Waals surface area (Å²) in [5.74, 6) is -0.179. The normalized spacial score (nSPS) is 19.5. The molecule has 2 aliphatic heterocycles. The number of amides is 4. The molecule has 4 N–H and O–H groups in total. The van der Waals surface area contributed by atoms with E-state index in [2.05, 4.69) is 40.3 Å². The van der Waals surface area contributed by atoms with E-state index in [1.807, 2.05) is 48.5 Å². The Hall–Kier alpha value is -5.82. The molecule has 2 aliphatic rings. The molecule has 4 heterocycles. The van der Waals surface area contributed by atoms with Gasteiger partial charge in [0.05, 0.1) is 38.0 Å².